The maximum Gasteiger partial charge on any atom is 0.407 e. The van der Waals surface area contributed by atoms with Crippen LogP contribution >= 0.6 is 0 Å². The number of halogens is 1. The highest BCUT2D eigenvalue weighted by atomic mass is 19.1. The van der Waals surface area contributed by atoms with Crippen LogP contribution in [0.2, 0.25) is 0 Å². The Balaban J connectivity index is 1.19. The average Bonchev–Trinajstić information content (AvgIpc) is 3.70. The van der Waals surface area contributed by atoms with Crippen LogP contribution in [0.1, 0.15) is 61.1 Å². The van der Waals surface area contributed by atoms with Gasteiger partial charge in [-0.1, -0.05) is 48.5 Å². The molecule has 2 heterocycles. The number of rotatable bonds is 9. The average molecular weight is 634 g/mol. The van der Waals surface area contributed by atoms with Crippen molar-refractivity contribution in [3.05, 3.63) is 120 Å². The molecule has 0 unspecified atom stereocenters. The Kier molecular flexibility index (Phi) is 9.03. The second-order valence-corrected chi connectivity index (χ2v) is 13.1. The summed E-state index contributed by atoms with van der Waals surface area (Å²) in [4.78, 5) is 31.8. The minimum absolute atomic E-state index is 0.0211. The fraction of sp³-hybridized carbons (Fsp3) is 0.282. The third-order valence-electron chi connectivity index (χ3n) is 8.54. The molecule has 1 fully saturated rings. The molecule has 1 aliphatic rings. The largest absolute Gasteiger partial charge is 0.496 e. The highest BCUT2D eigenvalue weighted by molar-refractivity contribution is 5.98. The summed E-state index contributed by atoms with van der Waals surface area (Å²) in [5.41, 5.74) is 5.42. The molecule has 2 N–H and O–H groups in total. The fourth-order valence-corrected chi connectivity index (χ4v) is 6.28. The predicted octanol–water partition coefficient (Wildman–Crippen LogP) is 8.49. The molecule has 5 aromatic rings. The number of aromatic amines is 1. The first-order valence-electron chi connectivity index (χ1n) is 16.0. The number of fused-ring (bicyclic) bond motifs is 1. The zero-order chi connectivity index (χ0) is 33.1. The smallest absolute Gasteiger partial charge is 0.407 e. The molecule has 1 aliphatic heterocycles. The van der Waals surface area contributed by atoms with Crippen LogP contribution < -0.4 is 15.0 Å². The zero-order valence-electron chi connectivity index (χ0n) is 27.2. The van der Waals surface area contributed by atoms with E-state index >= 15 is 0 Å². The van der Waals surface area contributed by atoms with Gasteiger partial charge in [-0.05, 0) is 92.2 Å². The molecule has 0 saturated carbocycles. The van der Waals surface area contributed by atoms with Crippen LogP contribution in [0.3, 0.4) is 0 Å². The number of alkyl carbamates (subject to hydrolysis) is 1. The number of anilines is 1. The van der Waals surface area contributed by atoms with E-state index in [1.807, 2.05) is 75.4 Å². The Labute approximate surface area is 274 Å². The topological polar surface area (TPSA) is 83.7 Å². The molecule has 0 aliphatic carbocycles. The van der Waals surface area contributed by atoms with E-state index in [0.29, 0.717) is 23.4 Å². The van der Waals surface area contributed by atoms with E-state index in [2.05, 4.69) is 39.5 Å². The van der Waals surface area contributed by atoms with Gasteiger partial charge in [0.25, 0.3) is 0 Å². The maximum atomic E-state index is 14.5. The van der Waals surface area contributed by atoms with E-state index in [-0.39, 0.29) is 24.1 Å². The van der Waals surface area contributed by atoms with Crippen molar-refractivity contribution in [1.82, 2.24) is 10.3 Å². The summed E-state index contributed by atoms with van der Waals surface area (Å²) in [7, 11) is 1.55. The molecule has 0 radical (unpaired) electrons. The molecule has 1 aromatic heterocycles. The number of ether oxygens (including phenoxy) is 2. The molecule has 242 valence electrons. The lowest BCUT2D eigenvalue weighted by Crippen LogP contribution is -2.40. The number of benzene rings is 4. The number of H-pyrrole nitrogens is 1. The number of nitrogens with one attached hydrogen (secondary N) is 2. The number of carbonyl (C=O) groups is 2. The van der Waals surface area contributed by atoms with Crippen molar-refractivity contribution in [3.63, 3.8) is 0 Å². The van der Waals surface area contributed by atoms with Gasteiger partial charge >= 0.3 is 6.09 Å². The molecule has 7 nitrogen and oxygen atoms in total. The predicted molar refractivity (Wildman–Crippen MR) is 184 cm³/mol. The summed E-state index contributed by atoms with van der Waals surface area (Å²) in [6.07, 6.45) is 0.575. The van der Waals surface area contributed by atoms with E-state index in [1.165, 1.54) is 12.1 Å². The van der Waals surface area contributed by atoms with Crippen molar-refractivity contribution in [2.24, 2.45) is 0 Å². The first-order valence-corrected chi connectivity index (χ1v) is 16.0. The molecule has 0 spiro atoms. The zero-order valence-corrected chi connectivity index (χ0v) is 27.2. The molecule has 47 heavy (non-hydrogen) atoms. The van der Waals surface area contributed by atoms with Crippen LogP contribution in [0.25, 0.3) is 22.0 Å². The quantitative estimate of drug-likeness (QED) is 0.159. The summed E-state index contributed by atoms with van der Waals surface area (Å²) < 4.78 is 25.6. The third-order valence-corrected chi connectivity index (χ3v) is 8.54. The number of carbonyl (C=O) groups excluding carboxylic acids is 2. The Morgan fingerprint density at radius 2 is 1.74 bits per heavy atom. The van der Waals surface area contributed by atoms with Crippen molar-refractivity contribution in [3.8, 4) is 16.9 Å². The van der Waals surface area contributed by atoms with Gasteiger partial charge in [0.2, 0.25) is 0 Å². The van der Waals surface area contributed by atoms with Crippen molar-refractivity contribution in [1.29, 1.82) is 0 Å². The minimum Gasteiger partial charge on any atom is -0.496 e. The molecule has 8 heteroatoms. The summed E-state index contributed by atoms with van der Waals surface area (Å²) in [6, 6.07) is 30.3. The van der Waals surface area contributed by atoms with E-state index in [1.54, 1.807) is 13.2 Å². The van der Waals surface area contributed by atoms with Crippen molar-refractivity contribution in [2.75, 3.05) is 25.1 Å². The van der Waals surface area contributed by atoms with Crippen LogP contribution in [0.15, 0.2) is 97.1 Å². The SMILES string of the molecule is COc1ccc(F)cc1[C@@H](CC(=O)c1cccc(-c2ccc(N3CC[C@H](NC(=O)OC(C)(C)C)C3)cc2)c1)c1cc2ccccc2[nH]1. The van der Waals surface area contributed by atoms with Gasteiger partial charge < -0.3 is 24.7 Å². The van der Waals surface area contributed by atoms with Gasteiger partial charge in [0.05, 0.1) is 13.2 Å². The number of aromatic nitrogens is 1. The third kappa shape index (κ3) is 7.49. The Bertz CT molecular complexity index is 1860. The lowest BCUT2D eigenvalue weighted by molar-refractivity contribution is 0.0508. The van der Waals surface area contributed by atoms with Gasteiger partial charge in [-0.2, -0.15) is 0 Å². The molecule has 4 aromatic carbocycles. The van der Waals surface area contributed by atoms with Gasteiger partial charge in [-0.3, -0.25) is 4.79 Å². The van der Waals surface area contributed by atoms with E-state index in [4.69, 9.17) is 9.47 Å². The van der Waals surface area contributed by atoms with Crippen LogP contribution in [0.5, 0.6) is 5.75 Å². The monoisotopic (exact) mass is 633 g/mol. The second kappa shape index (κ2) is 13.3. The summed E-state index contributed by atoms with van der Waals surface area (Å²) >= 11 is 0. The van der Waals surface area contributed by atoms with E-state index in [9.17, 15) is 14.0 Å². The van der Waals surface area contributed by atoms with Gasteiger partial charge in [0.15, 0.2) is 5.78 Å². The lowest BCUT2D eigenvalue weighted by atomic mass is 9.87. The molecule has 6 rings (SSSR count). The Morgan fingerprint density at radius 1 is 0.957 bits per heavy atom. The summed E-state index contributed by atoms with van der Waals surface area (Å²) in [6.45, 7) is 7.10. The highest BCUT2D eigenvalue weighted by Gasteiger charge is 2.27. The van der Waals surface area contributed by atoms with Crippen LogP contribution in [0, 0.1) is 5.82 Å². The molecule has 2 atom stereocenters. The first-order chi connectivity index (χ1) is 22.6. The normalized spacial score (nSPS) is 15.4. The van der Waals surface area contributed by atoms with Crippen molar-refractivity contribution >= 4 is 28.5 Å². The van der Waals surface area contributed by atoms with E-state index in [0.717, 1.165) is 46.4 Å². The highest BCUT2D eigenvalue weighted by Crippen LogP contribution is 2.37. The molecule has 1 saturated heterocycles. The van der Waals surface area contributed by atoms with Gasteiger partial charge in [0.1, 0.15) is 17.2 Å². The number of para-hydroxylation sites is 1. The lowest BCUT2D eigenvalue weighted by Gasteiger charge is -2.22. The number of hydrogen-bond acceptors (Lipinski definition) is 5. The number of ketones is 1. The summed E-state index contributed by atoms with van der Waals surface area (Å²) in [5, 5.41) is 3.99. The number of Topliss-reactive ketones (excluding diaryl/α,β-unsaturated/α-hetero) is 1. The van der Waals surface area contributed by atoms with Gasteiger partial charge in [-0.25, -0.2) is 9.18 Å². The molecule has 0 bridgehead atoms. The van der Waals surface area contributed by atoms with Crippen LogP contribution in [-0.4, -0.2) is 48.7 Å². The summed E-state index contributed by atoms with van der Waals surface area (Å²) in [5.74, 6) is -0.359. The number of hydrogen-bond donors (Lipinski definition) is 2. The molecule has 1 amide bonds. The number of amides is 1. The number of nitrogens with zero attached hydrogens (tertiary/aromatic N) is 1. The molecular formula is C39H40FN3O4. The standard InChI is InChI=1S/C39H40FN3O4/c1-39(2,3)47-38(45)41-30-18-19-43(24-30)31-15-12-25(13-16-31)26-9-7-10-28(20-26)36(44)23-32(33-22-29(40)14-17-37(33)46-4)35-21-27-8-5-6-11-34(27)42-35/h5-17,20-22,30,32,42H,18-19,23-24H2,1-4H3,(H,41,45)/t30-,32+/m0/s1. The van der Waals surface area contributed by atoms with Gasteiger partial charge in [0, 0.05) is 53.5 Å². The Morgan fingerprint density at radius 3 is 2.49 bits per heavy atom. The maximum absolute atomic E-state index is 14.5. The van der Waals surface area contributed by atoms with Crippen molar-refractivity contribution < 1.29 is 23.5 Å². The van der Waals surface area contributed by atoms with Crippen molar-refractivity contribution in [2.45, 2.75) is 51.2 Å². The fourth-order valence-electron chi connectivity index (χ4n) is 6.28. The first kappa shape index (κ1) is 31.9. The van der Waals surface area contributed by atoms with Crippen LogP contribution in [-0.2, 0) is 4.74 Å². The van der Waals surface area contributed by atoms with E-state index < -0.39 is 17.6 Å². The number of methoxy groups -OCH3 is 1. The minimum atomic E-state index is -0.534. The Hall–Kier alpha value is -5.11. The van der Waals surface area contributed by atoms with Crippen LogP contribution in [0.4, 0.5) is 14.9 Å². The second-order valence-electron chi connectivity index (χ2n) is 13.1. The van der Waals surface area contributed by atoms with Gasteiger partial charge in [-0.15, -0.1) is 0 Å². The molecular weight excluding hydrogens is 593 g/mol.